The van der Waals surface area contributed by atoms with E-state index in [1.165, 1.54) is 133 Å². The number of benzene rings is 18. The topological polar surface area (TPSA) is 113 Å². The van der Waals surface area contributed by atoms with Gasteiger partial charge in [-0.3, -0.25) is 0 Å². The SMILES string of the molecule is c1ccc(-c2nc(-c3ccccc3)nc(-c3ccc4c(c3)oc3ccc5c(c34)C3(c4ccccc4-c4ccccc43)c3cc4c(cc3-5)c3ccccc3n4-c3ccccc3)n2)cc1.c1ccc(-c2nc(-c3ccccc3)nc(-c3ccc4oc5ccc6c(c5c4c3)C3(c4ccccc4-c4ccccc43)c3cc4c(cc3-6)c3ccccc3n4-c3ccccc3)n2)cc1. The van der Waals surface area contributed by atoms with E-state index in [4.69, 9.17) is 38.7 Å². The molecule has 2 spiro atoms. The van der Waals surface area contributed by atoms with Gasteiger partial charge < -0.3 is 18.0 Å². The number of nitrogens with zero attached hydrogens (tertiary/aromatic N) is 8. The Morgan fingerprint density at radius 2 is 0.500 bits per heavy atom. The van der Waals surface area contributed by atoms with Crippen molar-refractivity contribution < 1.29 is 8.83 Å². The van der Waals surface area contributed by atoms with E-state index in [1.54, 1.807) is 0 Å². The summed E-state index contributed by atoms with van der Waals surface area (Å²) in [6.45, 7) is 0. The van der Waals surface area contributed by atoms with Crippen LogP contribution in [0.5, 0.6) is 0 Å². The van der Waals surface area contributed by atoms with Crippen molar-refractivity contribution in [2.24, 2.45) is 0 Å². The van der Waals surface area contributed by atoms with E-state index >= 15 is 0 Å². The van der Waals surface area contributed by atoms with E-state index in [0.717, 1.165) is 88.6 Å². The van der Waals surface area contributed by atoms with Crippen molar-refractivity contribution in [2.75, 3.05) is 0 Å². The number of hydrogen-bond donors (Lipinski definition) is 0. The van der Waals surface area contributed by atoms with Gasteiger partial charge in [0.2, 0.25) is 0 Å². The predicted octanol–water partition coefficient (Wildman–Crippen LogP) is 28.4. The van der Waals surface area contributed by atoms with E-state index in [1.807, 2.05) is 121 Å². The number of rotatable bonds is 8. The fourth-order valence-corrected chi connectivity index (χ4v) is 21.8. The monoisotopic (exact) mass is 1600 g/mol. The van der Waals surface area contributed by atoms with Gasteiger partial charge in [-0.2, -0.15) is 0 Å². The highest BCUT2D eigenvalue weighted by molar-refractivity contribution is 6.20. The molecule has 584 valence electrons. The molecule has 0 amide bonds. The fourth-order valence-electron chi connectivity index (χ4n) is 21.8. The lowest BCUT2D eigenvalue weighted by molar-refractivity contribution is 0.668. The van der Waals surface area contributed by atoms with E-state index in [2.05, 4.69) is 300 Å². The molecular weight excluding hydrogens is 1540 g/mol. The molecule has 0 aliphatic heterocycles. The Morgan fingerprint density at radius 1 is 0.183 bits per heavy atom. The van der Waals surface area contributed by atoms with Crippen molar-refractivity contribution in [3.8, 4) is 124 Å². The molecule has 0 radical (unpaired) electrons. The van der Waals surface area contributed by atoms with Crippen molar-refractivity contribution >= 4 is 87.5 Å². The maximum Gasteiger partial charge on any atom is 0.164 e. The summed E-state index contributed by atoms with van der Waals surface area (Å²) in [4.78, 5) is 30.3. The normalized spacial score (nSPS) is 13.2. The van der Waals surface area contributed by atoms with Gasteiger partial charge in [0.25, 0.3) is 0 Å². The van der Waals surface area contributed by atoms with Crippen molar-refractivity contribution in [3.63, 3.8) is 0 Å². The van der Waals surface area contributed by atoms with Crippen LogP contribution in [0.4, 0.5) is 0 Å². The lowest BCUT2D eigenvalue weighted by atomic mass is 9.69. The first-order valence-corrected chi connectivity index (χ1v) is 42.9. The highest BCUT2D eigenvalue weighted by Gasteiger charge is 2.55. The standard InChI is InChI=1S/2C58H34N4O/c1-4-16-35(17-5-1)55-59-56(36-18-6-2-7-19-36)61-57(60-55)37-28-30-51-45(32-37)53-52(63-51)31-29-42-43-33-44-41-24-12-15-27-49(41)62(38-20-8-3-9-21-38)50(44)34-48(43)58(54(42)53)46-25-13-10-22-39(46)40-23-11-14-26-47(40)58;1-4-16-35(17-5-1)55-59-56(36-18-6-2-7-19-36)61-57(60-55)37-28-29-43-52(32-37)63-51-31-30-42-44-33-45-41-24-12-15-27-49(41)62(38-20-8-3-9-21-38)50(45)34-48(44)58(54(42)53(43)51)46-25-13-10-22-39(46)40-23-11-14-26-47(40)58/h2*1-34H. The van der Waals surface area contributed by atoms with Gasteiger partial charge in [-0.15, -0.1) is 0 Å². The largest absolute Gasteiger partial charge is 0.456 e. The van der Waals surface area contributed by atoms with Gasteiger partial charge >= 0.3 is 0 Å². The summed E-state index contributed by atoms with van der Waals surface area (Å²) in [6, 6.07) is 147. The van der Waals surface area contributed by atoms with Crippen LogP contribution in [-0.2, 0) is 10.8 Å². The summed E-state index contributed by atoms with van der Waals surface area (Å²) in [6.07, 6.45) is 0. The number of furan rings is 2. The van der Waals surface area contributed by atoms with Gasteiger partial charge in [0.05, 0.1) is 32.9 Å². The summed E-state index contributed by atoms with van der Waals surface area (Å²) in [5.74, 6) is 3.71. The number of hydrogen-bond acceptors (Lipinski definition) is 8. The second-order valence-corrected chi connectivity index (χ2v) is 33.3. The van der Waals surface area contributed by atoms with Gasteiger partial charge in [0.15, 0.2) is 34.9 Å². The molecule has 4 aliphatic carbocycles. The van der Waals surface area contributed by atoms with Crippen LogP contribution in [0.2, 0.25) is 0 Å². The Hall–Kier alpha value is -16.8. The van der Waals surface area contributed by atoms with Crippen LogP contribution >= 0.6 is 0 Å². The lowest BCUT2D eigenvalue weighted by Crippen LogP contribution is -2.26. The Morgan fingerprint density at radius 3 is 0.905 bits per heavy atom. The Bertz CT molecular complexity index is 8500. The van der Waals surface area contributed by atoms with Gasteiger partial charge in [-0.25, -0.2) is 29.9 Å². The van der Waals surface area contributed by atoms with Gasteiger partial charge in [-0.05, 0) is 192 Å². The number of fused-ring (bicyclic) bond motifs is 34. The molecule has 0 saturated carbocycles. The molecule has 126 heavy (non-hydrogen) atoms. The highest BCUT2D eigenvalue weighted by atomic mass is 16.3. The van der Waals surface area contributed by atoms with Crippen LogP contribution < -0.4 is 0 Å². The van der Waals surface area contributed by atoms with E-state index in [-0.39, 0.29) is 0 Å². The molecule has 0 saturated heterocycles. The van der Waals surface area contributed by atoms with Crippen molar-refractivity contribution in [3.05, 3.63) is 457 Å². The predicted molar refractivity (Wildman–Crippen MR) is 508 cm³/mol. The smallest absolute Gasteiger partial charge is 0.164 e. The first-order chi connectivity index (χ1) is 62.5. The second-order valence-electron chi connectivity index (χ2n) is 33.3. The third-order valence-electron chi connectivity index (χ3n) is 26.9. The highest BCUT2D eigenvalue weighted by Crippen LogP contribution is 2.68. The number of para-hydroxylation sites is 4. The first-order valence-electron chi connectivity index (χ1n) is 42.9. The molecular formula is C116H68N8O2. The second kappa shape index (κ2) is 26.8. The zero-order chi connectivity index (χ0) is 82.5. The Kier molecular flexibility index (Phi) is 14.9. The minimum Gasteiger partial charge on any atom is -0.456 e. The molecule has 0 atom stereocenters. The zero-order valence-corrected chi connectivity index (χ0v) is 67.7. The third kappa shape index (κ3) is 9.91. The molecule has 6 heterocycles. The molecule has 0 N–H and O–H groups in total. The average molecular weight is 1610 g/mol. The maximum atomic E-state index is 6.97. The van der Waals surface area contributed by atoms with Crippen LogP contribution in [0.15, 0.2) is 421 Å². The summed E-state index contributed by atoms with van der Waals surface area (Å²) in [7, 11) is 0. The minimum atomic E-state index is -0.634. The van der Waals surface area contributed by atoms with Crippen LogP contribution in [0.1, 0.15) is 44.5 Å². The quantitative estimate of drug-likeness (QED) is 0.148. The summed E-state index contributed by atoms with van der Waals surface area (Å²) in [5.41, 5.74) is 34.8. The van der Waals surface area contributed by atoms with E-state index in [9.17, 15) is 0 Å². The van der Waals surface area contributed by atoms with Crippen molar-refractivity contribution in [2.45, 2.75) is 10.8 Å². The molecule has 24 aromatic rings. The van der Waals surface area contributed by atoms with Gasteiger partial charge in [0.1, 0.15) is 22.3 Å². The molecule has 0 fully saturated rings. The minimum absolute atomic E-state index is 0.593. The van der Waals surface area contributed by atoms with E-state index < -0.39 is 10.8 Å². The summed E-state index contributed by atoms with van der Waals surface area (Å²) >= 11 is 0. The zero-order valence-electron chi connectivity index (χ0n) is 67.7. The fraction of sp³-hybridized carbons (Fsp3) is 0.0172. The van der Waals surface area contributed by atoms with E-state index in [0.29, 0.717) is 34.9 Å². The summed E-state index contributed by atoms with van der Waals surface area (Å²) in [5, 5.41) is 9.25. The van der Waals surface area contributed by atoms with Crippen LogP contribution in [0, 0.1) is 0 Å². The van der Waals surface area contributed by atoms with Crippen molar-refractivity contribution in [1.29, 1.82) is 0 Å². The van der Waals surface area contributed by atoms with Gasteiger partial charge in [-0.1, -0.05) is 309 Å². The van der Waals surface area contributed by atoms with Crippen LogP contribution in [0.25, 0.3) is 212 Å². The van der Waals surface area contributed by atoms with Crippen LogP contribution in [0.3, 0.4) is 0 Å². The van der Waals surface area contributed by atoms with Gasteiger partial charge in [0, 0.05) is 87.8 Å². The summed E-state index contributed by atoms with van der Waals surface area (Å²) < 4.78 is 18.7. The maximum absolute atomic E-state index is 6.97. The average Bonchev–Trinajstić information content (AvgIpc) is 1.49. The molecule has 0 unspecified atom stereocenters. The van der Waals surface area contributed by atoms with Crippen molar-refractivity contribution in [1.82, 2.24) is 39.0 Å². The lowest BCUT2D eigenvalue weighted by Gasteiger charge is -2.31. The Balaban J connectivity index is 0.000000131. The molecule has 18 aromatic carbocycles. The molecule has 4 aliphatic rings. The molecule has 10 heteroatoms. The number of aromatic nitrogens is 8. The molecule has 28 rings (SSSR count). The molecule has 10 nitrogen and oxygen atoms in total. The third-order valence-corrected chi connectivity index (χ3v) is 26.9. The molecule has 6 aromatic heterocycles. The van der Waals surface area contributed by atoms with Crippen LogP contribution in [-0.4, -0.2) is 39.0 Å². The molecule has 0 bridgehead atoms. The first kappa shape index (κ1) is 69.9. The Labute approximate surface area is 722 Å².